The molecule has 0 aliphatic carbocycles. The Balaban J connectivity index is 1.70. The number of nitrogens with one attached hydrogen (secondary N) is 2. The summed E-state index contributed by atoms with van der Waals surface area (Å²) in [5.74, 6) is 0.427. The monoisotopic (exact) mass is 417 g/mol. The number of likely N-dealkylation sites (N-methyl/N-ethyl adjacent to an activating group) is 1. The van der Waals surface area contributed by atoms with Crippen molar-refractivity contribution in [2.45, 2.75) is 13.3 Å². The van der Waals surface area contributed by atoms with Crippen LogP contribution in [0.25, 0.3) is 34.2 Å². The van der Waals surface area contributed by atoms with Crippen molar-refractivity contribution in [2.24, 2.45) is 7.05 Å². The molecule has 0 atom stereocenters. The molecular formula is C22H23N7O2. The Morgan fingerprint density at radius 1 is 1.19 bits per heavy atom. The summed E-state index contributed by atoms with van der Waals surface area (Å²) in [5.41, 5.74) is 5.81. The number of hydrogen-bond donors (Lipinski definition) is 2. The first-order chi connectivity index (χ1) is 15.1. The summed E-state index contributed by atoms with van der Waals surface area (Å²) in [4.78, 5) is 14.8. The number of aromatic nitrogens is 6. The van der Waals surface area contributed by atoms with Gasteiger partial charge in [0.15, 0.2) is 5.69 Å². The average molecular weight is 417 g/mol. The maximum absolute atomic E-state index is 13.2. The molecule has 1 aromatic carbocycles. The molecule has 0 saturated heterocycles. The van der Waals surface area contributed by atoms with Crippen LogP contribution < -0.4 is 4.74 Å². The Morgan fingerprint density at radius 2 is 2.06 bits per heavy atom. The predicted molar refractivity (Wildman–Crippen MR) is 118 cm³/mol. The van der Waals surface area contributed by atoms with Crippen molar-refractivity contribution in [1.82, 2.24) is 35.1 Å². The van der Waals surface area contributed by atoms with Gasteiger partial charge in [-0.2, -0.15) is 15.3 Å². The molecule has 1 aliphatic heterocycles. The third-order valence-electron chi connectivity index (χ3n) is 5.68. The van der Waals surface area contributed by atoms with Gasteiger partial charge in [0.2, 0.25) is 5.88 Å². The number of ether oxygens (including phenoxy) is 1. The fourth-order valence-corrected chi connectivity index (χ4v) is 3.98. The molecule has 1 aliphatic rings. The number of aryl methyl sites for hydroxylation is 1. The van der Waals surface area contributed by atoms with Crippen molar-refractivity contribution in [3.63, 3.8) is 0 Å². The van der Waals surface area contributed by atoms with Crippen molar-refractivity contribution in [3.05, 3.63) is 47.0 Å². The van der Waals surface area contributed by atoms with Gasteiger partial charge >= 0.3 is 0 Å². The zero-order valence-corrected chi connectivity index (χ0v) is 17.6. The van der Waals surface area contributed by atoms with E-state index in [4.69, 9.17) is 4.74 Å². The number of aromatic amines is 2. The number of benzene rings is 1. The third-order valence-corrected chi connectivity index (χ3v) is 5.68. The van der Waals surface area contributed by atoms with Gasteiger partial charge < -0.3 is 9.64 Å². The number of fused-ring (bicyclic) bond motifs is 4. The van der Waals surface area contributed by atoms with Crippen LogP contribution in [0, 0.1) is 0 Å². The summed E-state index contributed by atoms with van der Waals surface area (Å²) in [6.45, 7) is 2.80. The van der Waals surface area contributed by atoms with Gasteiger partial charge in [-0.25, -0.2) is 5.10 Å². The topological polar surface area (TPSA) is 105 Å². The molecule has 2 bridgehead atoms. The smallest absolute Gasteiger partial charge is 0.274 e. The second kappa shape index (κ2) is 7.42. The molecule has 0 spiro atoms. The number of amides is 1. The van der Waals surface area contributed by atoms with Gasteiger partial charge in [-0.1, -0.05) is 13.0 Å². The lowest BCUT2D eigenvalue weighted by Crippen LogP contribution is -2.31. The second-order valence-electron chi connectivity index (χ2n) is 7.58. The SMILES string of the molecule is CCc1c2c(nn1C)C(=O)N(C)CCOc1[nH]ncc1-c1ccc3n[nH]c(c3c1)/C=C/2. The lowest BCUT2D eigenvalue weighted by molar-refractivity contribution is 0.0766. The van der Waals surface area contributed by atoms with Crippen LogP contribution in [0.2, 0.25) is 0 Å². The van der Waals surface area contributed by atoms with E-state index in [0.29, 0.717) is 24.7 Å². The maximum atomic E-state index is 13.2. The van der Waals surface area contributed by atoms with Crippen LogP contribution in [0.5, 0.6) is 5.88 Å². The molecule has 4 heterocycles. The zero-order chi connectivity index (χ0) is 21.5. The molecule has 0 radical (unpaired) electrons. The number of rotatable bonds is 1. The van der Waals surface area contributed by atoms with Crippen molar-refractivity contribution >= 4 is 29.0 Å². The highest BCUT2D eigenvalue weighted by atomic mass is 16.5. The van der Waals surface area contributed by atoms with Crippen LogP contribution in [0.4, 0.5) is 0 Å². The summed E-state index contributed by atoms with van der Waals surface area (Å²) in [7, 11) is 3.62. The molecule has 5 rings (SSSR count). The van der Waals surface area contributed by atoms with Crippen molar-refractivity contribution < 1.29 is 9.53 Å². The average Bonchev–Trinajstić information content (AvgIpc) is 3.47. The molecule has 9 nitrogen and oxygen atoms in total. The normalized spacial score (nSPS) is 15.3. The Hall–Kier alpha value is -3.88. The summed E-state index contributed by atoms with van der Waals surface area (Å²) in [6, 6.07) is 6.03. The largest absolute Gasteiger partial charge is 0.476 e. The molecule has 2 N–H and O–H groups in total. The fraction of sp³-hybridized carbons (Fsp3) is 0.273. The third kappa shape index (κ3) is 3.18. The highest BCUT2D eigenvalue weighted by molar-refractivity contribution is 5.98. The summed E-state index contributed by atoms with van der Waals surface area (Å²) in [5, 5.41) is 20.1. The number of hydrogen-bond acceptors (Lipinski definition) is 5. The Morgan fingerprint density at radius 3 is 2.90 bits per heavy atom. The van der Waals surface area contributed by atoms with Crippen LogP contribution in [0.15, 0.2) is 24.4 Å². The number of nitrogens with zero attached hydrogens (tertiary/aromatic N) is 5. The van der Waals surface area contributed by atoms with Crippen LogP contribution in [-0.4, -0.2) is 61.2 Å². The van der Waals surface area contributed by atoms with E-state index in [1.807, 2.05) is 31.3 Å². The van der Waals surface area contributed by atoms with E-state index < -0.39 is 0 Å². The Kier molecular flexibility index (Phi) is 4.58. The van der Waals surface area contributed by atoms with Gasteiger partial charge in [0.1, 0.15) is 6.61 Å². The first kappa shape index (κ1) is 19.1. The minimum absolute atomic E-state index is 0.145. The van der Waals surface area contributed by atoms with Gasteiger partial charge in [-0.3, -0.25) is 14.6 Å². The molecular weight excluding hydrogens is 394 g/mol. The van der Waals surface area contributed by atoms with E-state index in [9.17, 15) is 4.79 Å². The lowest BCUT2D eigenvalue weighted by Gasteiger charge is -2.16. The first-order valence-corrected chi connectivity index (χ1v) is 10.2. The number of carbonyl (C=O) groups excluding carboxylic acids is 1. The molecule has 9 heteroatoms. The summed E-state index contributed by atoms with van der Waals surface area (Å²) >= 11 is 0. The number of carbonyl (C=O) groups is 1. The van der Waals surface area contributed by atoms with E-state index >= 15 is 0 Å². The molecule has 0 saturated carbocycles. The second-order valence-corrected chi connectivity index (χ2v) is 7.58. The van der Waals surface area contributed by atoms with Crippen LogP contribution in [-0.2, 0) is 13.5 Å². The van der Waals surface area contributed by atoms with Gasteiger partial charge in [0.25, 0.3) is 5.91 Å². The van der Waals surface area contributed by atoms with Gasteiger partial charge in [0, 0.05) is 30.7 Å². The Labute approximate surface area is 178 Å². The molecule has 0 fully saturated rings. The molecule has 0 unspecified atom stereocenters. The van der Waals surface area contributed by atoms with E-state index in [1.54, 1.807) is 22.8 Å². The summed E-state index contributed by atoms with van der Waals surface area (Å²) in [6.07, 6.45) is 6.41. The molecule has 158 valence electrons. The van der Waals surface area contributed by atoms with Crippen LogP contribution >= 0.6 is 0 Å². The van der Waals surface area contributed by atoms with E-state index in [1.165, 1.54) is 0 Å². The van der Waals surface area contributed by atoms with E-state index in [2.05, 4.69) is 38.5 Å². The minimum atomic E-state index is -0.145. The molecule has 3 aromatic heterocycles. The molecule has 1 amide bonds. The first-order valence-electron chi connectivity index (χ1n) is 10.2. The van der Waals surface area contributed by atoms with Crippen molar-refractivity contribution in [1.29, 1.82) is 0 Å². The van der Waals surface area contributed by atoms with Crippen molar-refractivity contribution in [3.8, 4) is 17.0 Å². The molecule has 4 aromatic rings. The standard InChI is InChI=1S/C22H23N7O2/c1-4-19-14-6-8-18-15-11-13(5-7-17(15)24-25-18)16-12-23-26-21(16)31-10-9-28(2)22(30)20(14)27-29(19)3/h5-8,11-12H,4,9-10H2,1-3H3,(H,23,26)(H,24,25)/b8-6+. The lowest BCUT2D eigenvalue weighted by atomic mass is 10.0. The van der Waals surface area contributed by atoms with E-state index in [0.717, 1.165) is 45.4 Å². The predicted octanol–water partition coefficient (Wildman–Crippen LogP) is 2.88. The van der Waals surface area contributed by atoms with E-state index in [-0.39, 0.29) is 5.91 Å². The highest BCUT2D eigenvalue weighted by Gasteiger charge is 2.23. The number of H-pyrrole nitrogens is 2. The Bertz CT molecular complexity index is 1310. The summed E-state index contributed by atoms with van der Waals surface area (Å²) < 4.78 is 7.71. The van der Waals surface area contributed by atoms with Gasteiger partial charge in [0.05, 0.1) is 29.5 Å². The van der Waals surface area contributed by atoms with Gasteiger partial charge in [-0.15, -0.1) is 0 Å². The maximum Gasteiger partial charge on any atom is 0.274 e. The minimum Gasteiger partial charge on any atom is -0.476 e. The zero-order valence-electron chi connectivity index (χ0n) is 17.6. The fourth-order valence-electron chi connectivity index (χ4n) is 3.98. The quantitative estimate of drug-likeness (QED) is 0.496. The van der Waals surface area contributed by atoms with Gasteiger partial charge in [-0.05, 0) is 36.3 Å². The van der Waals surface area contributed by atoms with Crippen molar-refractivity contribution in [2.75, 3.05) is 20.2 Å². The van der Waals surface area contributed by atoms with Crippen LogP contribution in [0.3, 0.4) is 0 Å². The highest BCUT2D eigenvalue weighted by Crippen LogP contribution is 2.31. The molecule has 31 heavy (non-hydrogen) atoms. The van der Waals surface area contributed by atoms with Crippen LogP contribution in [0.1, 0.15) is 34.4 Å².